The fourth-order valence-electron chi connectivity index (χ4n) is 1.51. The molecule has 0 saturated carbocycles. The highest BCUT2D eigenvalue weighted by Crippen LogP contribution is 2.33. The minimum absolute atomic E-state index is 0.600. The van der Waals surface area contributed by atoms with Gasteiger partial charge < -0.3 is 0 Å². The van der Waals surface area contributed by atoms with Crippen LogP contribution in [0.5, 0.6) is 0 Å². The Balaban J connectivity index is 3.85. The Morgan fingerprint density at radius 2 is 1.46 bits per heavy atom. The van der Waals surface area contributed by atoms with Crippen LogP contribution >= 0.6 is 0 Å². The molecule has 1 atom stereocenters. The lowest BCUT2D eigenvalue weighted by molar-refractivity contribution is 0.232. The zero-order valence-electron chi connectivity index (χ0n) is 10.5. The van der Waals surface area contributed by atoms with Gasteiger partial charge in [0, 0.05) is 0 Å². The lowest BCUT2D eigenvalue weighted by Crippen LogP contribution is -2.16. The zero-order valence-corrected chi connectivity index (χ0v) is 10.5. The molecule has 0 fully saturated rings. The van der Waals surface area contributed by atoms with Gasteiger partial charge in [-0.2, -0.15) is 0 Å². The zero-order chi connectivity index (χ0) is 10.5. The Morgan fingerprint density at radius 3 is 1.77 bits per heavy atom. The smallest absolute Gasteiger partial charge is 0.0331 e. The van der Waals surface area contributed by atoms with Crippen molar-refractivity contribution < 1.29 is 0 Å². The molecular formula is C13H28. The van der Waals surface area contributed by atoms with Crippen LogP contribution in [0, 0.1) is 17.3 Å². The van der Waals surface area contributed by atoms with Gasteiger partial charge >= 0.3 is 0 Å². The molecule has 0 aromatic rings. The average molecular weight is 184 g/mol. The first-order valence-corrected chi connectivity index (χ1v) is 5.95. The fourth-order valence-corrected chi connectivity index (χ4v) is 1.51. The van der Waals surface area contributed by atoms with E-state index in [9.17, 15) is 0 Å². The van der Waals surface area contributed by atoms with Crippen molar-refractivity contribution in [3.63, 3.8) is 0 Å². The number of hydrogen-bond acceptors (Lipinski definition) is 0. The van der Waals surface area contributed by atoms with Gasteiger partial charge in [-0.15, -0.1) is 0 Å². The monoisotopic (exact) mass is 184 g/mol. The van der Waals surface area contributed by atoms with E-state index in [0.717, 1.165) is 11.8 Å². The highest BCUT2D eigenvalue weighted by Gasteiger charge is 2.20. The van der Waals surface area contributed by atoms with Gasteiger partial charge in [0.25, 0.3) is 0 Å². The quantitative estimate of drug-likeness (QED) is 0.551. The van der Waals surface area contributed by atoms with Gasteiger partial charge in [0.05, 0.1) is 0 Å². The van der Waals surface area contributed by atoms with Crippen LogP contribution in [0.4, 0.5) is 0 Å². The molecule has 0 aromatic carbocycles. The Labute approximate surface area is 85.1 Å². The normalized spacial score (nSPS) is 15.0. The molecule has 1 unspecified atom stereocenters. The van der Waals surface area contributed by atoms with Gasteiger partial charge in [0.2, 0.25) is 0 Å². The maximum atomic E-state index is 2.43. The van der Waals surface area contributed by atoms with Crippen molar-refractivity contribution in [1.82, 2.24) is 0 Å². The summed E-state index contributed by atoms with van der Waals surface area (Å²) >= 11 is 0. The molecule has 0 nitrogen and oxygen atoms in total. The Morgan fingerprint density at radius 1 is 1.00 bits per heavy atom. The second kappa shape index (κ2) is 5.67. The maximum Gasteiger partial charge on any atom is -0.0331 e. The van der Waals surface area contributed by atoms with Crippen LogP contribution < -0.4 is 0 Å². The minimum atomic E-state index is 0.600. The summed E-state index contributed by atoms with van der Waals surface area (Å²) in [6.45, 7) is 14.1. The van der Waals surface area contributed by atoms with Crippen molar-refractivity contribution in [2.45, 2.75) is 67.2 Å². The summed E-state index contributed by atoms with van der Waals surface area (Å²) in [6.07, 6.45) is 5.46. The summed E-state index contributed by atoms with van der Waals surface area (Å²) in [7, 11) is 0. The molecule has 0 radical (unpaired) electrons. The van der Waals surface area contributed by atoms with Crippen LogP contribution in [-0.4, -0.2) is 0 Å². The summed E-state index contributed by atoms with van der Waals surface area (Å²) in [5.74, 6) is 1.73. The predicted octanol–water partition coefficient (Wildman–Crippen LogP) is 4.89. The van der Waals surface area contributed by atoms with Crippen molar-refractivity contribution >= 4 is 0 Å². The van der Waals surface area contributed by atoms with Crippen molar-refractivity contribution in [2.24, 2.45) is 17.3 Å². The van der Waals surface area contributed by atoms with Crippen LogP contribution in [0.25, 0.3) is 0 Å². The van der Waals surface area contributed by atoms with E-state index in [-0.39, 0.29) is 0 Å². The van der Waals surface area contributed by atoms with Crippen LogP contribution in [0.1, 0.15) is 67.2 Å². The molecule has 0 aliphatic rings. The van der Waals surface area contributed by atoms with E-state index in [2.05, 4.69) is 41.5 Å². The molecule has 80 valence electrons. The lowest BCUT2D eigenvalue weighted by Gasteiger charge is -2.29. The predicted molar refractivity (Wildman–Crippen MR) is 61.9 cm³/mol. The fraction of sp³-hybridized carbons (Fsp3) is 1.00. The van der Waals surface area contributed by atoms with Crippen molar-refractivity contribution in [1.29, 1.82) is 0 Å². The summed E-state index contributed by atoms with van der Waals surface area (Å²) < 4.78 is 0. The summed E-state index contributed by atoms with van der Waals surface area (Å²) in [5.41, 5.74) is 0.600. The van der Waals surface area contributed by atoms with Crippen LogP contribution in [0.3, 0.4) is 0 Å². The topological polar surface area (TPSA) is 0 Å². The van der Waals surface area contributed by atoms with Crippen molar-refractivity contribution in [3.05, 3.63) is 0 Å². The van der Waals surface area contributed by atoms with Gasteiger partial charge in [-0.1, -0.05) is 54.4 Å². The van der Waals surface area contributed by atoms with E-state index in [1.807, 2.05) is 0 Å². The van der Waals surface area contributed by atoms with E-state index < -0.39 is 0 Å². The molecule has 0 heteroatoms. The third-order valence-electron chi connectivity index (χ3n) is 4.05. The second-order valence-electron chi connectivity index (χ2n) is 5.28. The van der Waals surface area contributed by atoms with Crippen LogP contribution in [0.15, 0.2) is 0 Å². The molecule has 0 aliphatic carbocycles. The Bertz CT molecular complexity index is 120. The van der Waals surface area contributed by atoms with Gasteiger partial charge in [0.15, 0.2) is 0 Å². The first-order chi connectivity index (χ1) is 5.95. The van der Waals surface area contributed by atoms with Gasteiger partial charge in [0.1, 0.15) is 0 Å². The lowest BCUT2D eigenvalue weighted by atomic mass is 9.77. The summed E-state index contributed by atoms with van der Waals surface area (Å²) in [4.78, 5) is 0. The Hall–Kier alpha value is 0. The summed E-state index contributed by atoms with van der Waals surface area (Å²) in [5, 5.41) is 0. The van der Waals surface area contributed by atoms with Crippen LogP contribution in [0.2, 0.25) is 0 Å². The first-order valence-electron chi connectivity index (χ1n) is 5.95. The van der Waals surface area contributed by atoms with E-state index >= 15 is 0 Å². The molecule has 0 N–H and O–H groups in total. The standard InChI is InChI=1S/C13H28/c1-7-13(6,8-2)10-9-12(5)11(3)4/h11-12H,7-10H2,1-6H3. The number of rotatable bonds is 6. The van der Waals surface area contributed by atoms with Crippen molar-refractivity contribution in [3.8, 4) is 0 Å². The third kappa shape index (κ3) is 4.69. The van der Waals surface area contributed by atoms with E-state index in [4.69, 9.17) is 0 Å². The van der Waals surface area contributed by atoms with Gasteiger partial charge in [-0.25, -0.2) is 0 Å². The van der Waals surface area contributed by atoms with Gasteiger partial charge in [-0.05, 0) is 30.1 Å². The summed E-state index contributed by atoms with van der Waals surface area (Å²) in [6, 6.07) is 0. The highest BCUT2D eigenvalue weighted by atomic mass is 14.3. The molecule has 0 aromatic heterocycles. The SMILES string of the molecule is CCC(C)(CC)CCC(C)C(C)C. The maximum absolute atomic E-state index is 2.43. The molecule has 0 rings (SSSR count). The first kappa shape index (κ1) is 13.0. The number of hydrogen-bond donors (Lipinski definition) is 0. The third-order valence-corrected chi connectivity index (χ3v) is 4.05. The largest absolute Gasteiger partial charge is 0.0649 e. The highest BCUT2D eigenvalue weighted by molar-refractivity contribution is 4.72. The molecule has 0 amide bonds. The van der Waals surface area contributed by atoms with E-state index in [1.54, 1.807) is 0 Å². The molecule has 0 aliphatic heterocycles. The molecule has 13 heavy (non-hydrogen) atoms. The van der Waals surface area contributed by atoms with Gasteiger partial charge in [-0.3, -0.25) is 0 Å². The van der Waals surface area contributed by atoms with Crippen molar-refractivity contribution in [2.75, 3.05) is 0 Å². The second-order valence-corrected chi connectivity index (χ2v) is 5.28. The van der Waals surface area contributed by atoms with Crippen LogP contribution in [-0.2, 0) is 0 Å². The minimum Gasteiger partial charge on any atom is -0.0649 e. The molecule has 0 spiro atoms. The molecular weight excluding hydrogens is 156 g/mol. The average Bonchev–Trinajstić information content (AvgIpc) is 2.13. The molecule has 0 saturated heterocycles. The molecule has 0 bridgehead atoms. The van der Waals surface area contributed by atoms with E-state index in [1.165, 1.54) is 25.7 Å². The van der Waals surface area contributed by atoms with E-state index in [0.29, 0.717) is 5.41 Å². The molecule has 0 heterocycles. The Kier molecular flexibility index (Phi) is 5.67.